The van der Waals surface area contributed by atoms with Crippen LogP contribution in [-0.2, 0) is 6.18 Å². The number of alkyl halides is 3. The van der Waals surface area contributed by atoms with Crippen LogP contribution in [0.1, 0.15) is 17.7 Å². The van der Waals surface area contributed by atoms with Gasteiger partial charge in [0, 0.05) is 24.0 Å². The second-order valence-corrected chi connectivity index (χ2v) is 6.98. The maximum Gasteiger partial charge on any atom is 0.417 e. The number of carbonyl (C=O) groups excluding carboxylic acids is 1. The predicted octanol–water partition coefficient (Wildman–Crippen LogP) is 4.46. The van der Waals surface area contributed by atoms with E-state index in [9.17, 15) is 18.0 Å². The zero-order chi connectivity index (χ0) is 21.6. The van der Waals surface area contributed by atoms with E-state index in [1.165, 1.54) is 6.07 Å². The molecule has 0 aliphatic heterocycles. The molecule has 158 valence electrons. The van der Waals surface area contributed by atoms with E-state index < -0.39 is 22.8 Å². The highest BCUT2D eigenvalue weighted by molar-refractivity contribution is 6.31. The van der Waals surface area contributed by atoms with E-state index in [2.05, 4.69) is 30.8 Å². The molecule has 0 atom stereocenters. The standard InChI is InChI=1S/C18H22ClF3N6O/c1-11-9-15(23-7-4-8-28(2)3)26-16(24-11)27-17(29)25-12-5-6-14(19)13(10-12)18(20,21)22/h5-6,9-10H,4,7-8H2,1-3H3,(H3,23,24,25,26,27,29). The molecule has 3 N–H and O–H groups in total. The van der Waals surface area contributed by atoms with Crippen molar-refractivity contribution >= 4 is 35.1 Å². The molecule has 0 aliphatic rings. The molecule has 1 aromatic carbocycles. The second kappa shape index (κ2) is 9.75. The third-order valence-electron chi connectivity index (χ3n) is 3.70. The lowest BCUT2D eigenvalue weighted by Crippen LogP contribution is -2.22. The topological polar surface area (TPSA) is 82.2 Å². The van der Waals surface area contributed by atoms with E-state index in [0.29, 0.717) is 18.1 Å². The van der Waals surface area contributed by atoms with Crippen molar-refractivity contribution in [2.24, 2.45) is 0 Å². The minimum Gasteiger partial charge on any atom is -0.370 e. The highest BCUT2D eigenvalue weighted by Crippen LogP contribution is 2.36. The summed E-state index contributed by atoms with van der Waals surface area (Å²) in [5.41, 5.74) is -0.474. The molecule has 11 heteroatoms. The Kier molecular flexibility index (Phi) is 7.63. The van der Waals surface area contributed by atoms with Gasteiger partial charge in [0.15, 0.2) is 0 Å². The number of halogens is 4. The van der Waals surface area contributed by atoms with Gasteiger partial charge < -0.3 is 15.5 Å². The number of amides is 2. The van der Waals surface area contributed by atoms with Crippen LogP contribution in [0.4, 0.5) is 35.4 Å². The fourth-order valence-corrected chi connectivity index (χ4v) is 2.64. The van der Waals surface area contributed by atoms with Gasteiger partial charge >= 0.3 is 12.2 Å². The fourth-order valence-electron chi connectivity index (χ4n) is 2.41. The van der Waals surface area contributed by atoms with E-state index in [-0.39, 0.29) is 11.6 Å². The lowest BCUT2D eigenvalue weighted by atomic mass is 10.2. The van der Waals surface area contributed by atoms with Gasteiger partial charge in [-0.05, 0) is 52.2 Å². The molecule has 0 unspecified atom stereocenters. The van der Waals surface area contributed by atoms with Crippen LogP contribution in [0.15, 0.2) is 24.3 Å². The predicted molar refractivity (Wildman–Crippen MR) is 108 cm³/mol. The number of benzene rings is 1. The summed E-state index contributed by atoms with van der Waals surface area (Å²) in [5.74, 6) is 0.569. The highest BCUT2D eigenvalue weighted by atomic mass is 35.5. The van der Waals surface area contributed by atoms with Gasteiger partial charge in [-0.3, -0.25) is 5.32 Å². The summed E-state index contributed by atoms with van der Waals surface area (Å²) in [6.45, 7) is 3.33. The SMILES string of the molecule is Cc1cc(NCCCN(C)C)nc(NC(=O)Nc2ccc(Cl)c(C(F)(F)F)c2)n1. The molecule has 0 fully saturated rings. The molecular weight excluding hydrogens is 409 g/mol. The Hall–Kier alpha value is -2.59. The van der Waals surface area contributed by atoms with Crippen molar-refractivity contribution in [1.29, 1.82) is 0 Å². The van der Waals surface area contributed by atoms with Crippen molar-refractivity contribution in [1.82, 2.24) is 14.9 Å². The second-order valence-electron chi connectivity index (χ2n) is 6.57. The molecule has 2 amide bonds. The first-order valence-electron chi connectivity index (χ1n) is 8.73. The van der Waals surface area contributed by atoms with Crippen LogP contribution in [0.2, 0.25) is 5.02 Å². The third-order valence-corrected chi connectivity index (χ3v) is 4.03. The van der Waals surface area contributed by atoms with Crippen molar-refractivity contribution in [3.05, 3.63) is 40.5 Å². The molecule has 2 rings (SSSR count). The number of hydrogen-bond acceptors (Lipinski definition) is 5. The maximum absolute atomic E-state index is 12.9. The Morgan fingerprint density at radius 3 is 2.55 bits per heavy atom. The molecule has 0 saturated carbocycles. The van der Waals surface area contributed by atoms with E-state index in [1.807, 2.05) is 14.1 Å². The Morgan fingerprint density at radius 1 is 1.17 bits per heavy atom. The fraction of sp³-hybridized carbons (Fsp3) is 0.389. The molecule has 2 aromatic rings. The summed E-state index contributed by atoms with van der Waals surface area (Å²) in [7, 11) is 3.96. The molecule has 1 aromatic heterocycles. The molecule has 0 bridgehead atoms. The number of urea groups is 1. The number of hydrogen-bond donors (Lipinski definition) is 3. The van der Waals surface area contributed by atoms with E-state index in [4.69, 9.17) is 11.6 Å². The van der Waals surface area contributed by atoms with Crippen LogP contribution in [0, 0.1) is 6.92 Å². The number of aryl methyl sites for hydroxylation is 1. The first-order valence-corrected chi connectivity index (χ1v) is 9.11. The molecule has 0 aliphatic carbocycles. The van der Waals surface area contributed by atoms with Crippen LogP contribution >= 0.6 is 11.6 Å². The summed E-state index contributed by atoms with van der Waals surface area (Å²) >= 11 is 5.57. The van der Waals surface area contributed by atoms with Gasteiger partial charge in [0.05, 0.1) is 10.6 Å². The van der Waals surface area contributed by atoms with Gasteiger partial charge in [0.2, 0.25) is 5.95 Å². The van der Waals surface area contributed by atoms with E-state index in [1.54, 1.807) is 13.0 Å². The summed E-state index contributed by atoms with van der Waals surface area (Å²) in [6, 6.07) is 4.06. The summed E-state index contributed by atoms with van der Waals surface area (Å²) in [5, 5.41) is 7.43. The summed E-state index contributed by atoms with van der Waals surface area (Å²) in [6.07, 6.45) is -3.73. The Balaban J connectivity index is 2.02. The van der Waals surface area contributed by atoms with Crippen LogP contribution < -0.4 is 16.0 Å². The molecule has 0 saturated heterocycles. The average molecular weight is 431 g/mol. The van der Waals surface area contributed by atoms with Gasteiger partial charge in [0.25, 0.3) is 0 Å². The van der Waals surface area contributed by atoms with Crippen molar-refractivity contribution in [3.8, 4) is 0 Å². The van der Waals surface area contributed by atoms with Gasteiger partial charge in [0.1, 0.15) is 5.82 Å². The average Bonchev–Trinajstić information content (AvgIpc) is 2.58. The zero-order valence-corrected chi connectivity index (χ0v) is 16.9. The largest absolute Gasteiger partial charge is 0.417 e. The van der Waals surface area contributed by atoms with Gasteiger partial charge in [-0.25, -0.2) is 9.78 Å². The first kappa shape index (κ1) is 22.7. The lowest BCUT2D eigenvalue weighted by Gasteiger charge is -2.13. The maximum atomic E-state index is 12.9. The number of carbonyl (C=O) groups is 1. The molecule has 29 heavy (non-hydrogen) atoms. The van der Waals surface area contributed by atoms with E-state index >= 15 is 0 Å². The minimum atomic E-state index is -4.63. The van der Waals surface area contributed by atoms with Crippen molar-refractivity contribution in [2.75, 3.05) is 43.1 Å². The Labute approximate surface area is 171 Å². The summed E-state index contributed by atoms with van der Waals surface area (Å²) in [4.78, 5) is 22.5. The third kappa shape index (κ3) is 7.39. The smallest absolute Gasteiger partial charge is 0.370 e. The monoisotopic (exact) mass is 430 g/mol. The minimum absolute atomic E-state index is 0.0302. The van der Waals surface area contributed by atoms with Gasteiger partial charge in [-0.1, -0.05) is 11.6 Å². The molecular formula is C18H22ClF3N6O. The lowest BCUT2D eigenvalue weighted by molar-refractivity contribution is -0.137. The van der Waals surface area contributed by atoms with Crippen LogP contribution in [-0.4, -0.2) is 48.1 Å². The Bertz CT molecular complexity index is 860. The number of rotatable bonds is 7. The van der Waals surface area contributed by atoms with Gasteiger partial charge in [-0.2, -0.15) is 18.2 Å². The van der Waals surface area contributed by atoms with Crippen molar-refractivity contribution in [2.45, 2.75) is 19.5 Å². The van der Waals surface area contributed by atoms with Crippen LogP contribution in [0.3, 0.4) is 0 Å². The molecule has 0 spiro atoms. The zero-order valence-electron chi connectivity index (χ0n) is 16.2. The summed E-state index contributed by atoms with van der Waals surface area (Å²) < 4.78 is 38.8. The van der Waals surface area contributed by atoms with Crippen LogP contribution in [0.5, 0.6) is 0 Å². The Morgan fingerprint density at radius 2 is 1.90 bits per heavy atom. The number of nitrogens with zero attached hydrogens (tertiary/aromatic N) is 3. The van der Waals surface area contributed by atoms with Crippen molar-refractivity contribution < 1.29 is 18.0 Å². The van der Waals surface area contributed by atoms with Crippen LogP contribution in [0.25, 0.3) is 0 Å². The first-order chi connectivity index (χ1) is 13.5. The number of nitrogens with one attached hydrogen (secondary N) is 3. The normalized spacial score (nSPS) is 11.4. The van der Waals surface area contributed by atoms with E-state index in [0.717, 1.165) is 25.1 Å². The highest BCUT2D eigenvalue weighted by Gasteiger charge is 2.33. The number of aromatic nitrogens is 2. The quantitative estimate of drug-likeness (QED) is 0.565. The number of anilines is 3. The molecule has 7 nitrogen and oxygen atoms in total. The molecule has 1 heterocycles. The molecule has 0 radical (unpaired) electrons. The van der Waals surface area contributed by atoms with Gasteiger partial charge in [-0.15, -0.1) is 0 Å². The van der Waals surface area contributed by atoms with Crippen molar-refractivity contribution in [3.63, 3.8) is 0 Å².